The van der Waals surface area contributed by atoms with E-state index in [1.165, 1.54) is 18.2 Å². The molecule has 0 saturated carbocycles. The van der Waals surface area contributed by atoms with Gasteiger partial charge in [0.1, 0.15) is 5.82 Å². The van der Waals surface area contributed by atoms with Crippen molar-refractivity contribution in [3.05, 3.63) is 35.6 Å². The Labute approximate surface area is 105 Å². The third kappa shape index (κ3) is 3.53. The molecule has 1 N–H and O–H groups in total. The number of benzene rings is 1. The fraction of sp³-hybridized carbons (Fsp3) is 0.417. The van der Waals surface area contributed by atoms with Gasteiger partial charge in [0.2, 0.25) is 5.91 Å². The van der Waals surface area contributed by atoms with Gasteiger partial charge in [0.25, 0.3) is 0 Å². The van der Waals surface area contributed by atoms with Gasteiger partial charge >= 0.3 is 0 Å². The minimum Gasteiger partial charge on any atom is -0.352 e. The summed E-state index contributed by atoms with van der Waals surface area (Å²) in [5, 5.41) is 2.66. The highest BCUT2D eigenvalue weighted by atomic mass is 32.2. The van der Waals surface area contributed by atoms with Crippen molar-refractivity contribution >= 4 is 15.7 Å². The number of nitrogens with one attached hydrogen (secondary N) is 1. The second kappa shape index (κ2) is 5.06. The summed E-state index contributed by atoms with van der Waals surface area (Å²) in [6.07, 6.45) is 0.519. The van der Waals surface area contributed by atoms with Crippen molar-refractivity contribution in [1.29, 1.82) is 0 Å². The molecule has 4 nitrogen and oxygen atoms in total. The minimum atomic E-state index is -3.00. The van der Waals surface area contributed by atoms with Gasteiger partial charge in [-0.1, -0.05) is 12.1 Å². The zero-order valence-corrected chi connectivity index (χ0v) is 10.5. The summed E-state index contributed by atoms with van der Waals surface area (Å²) in [5.41, 5.74) is 0.577. The maximum absolute atomic E-state index is 12.9. The Bertz CT molecular complexity index is 556. The molecule has 1 saturated heterocycles. The number of carbonyl (C=O) groups excluding carboxylic acids is 1. The zero-order chi connectivity index (χ0) is 13.2. The standard InChI is InChI=1S/C12H14FNO3S/c13-10-3-1-2-9(6-10)7-12(15)14-11-4-5-18(16,17)8-11/h1-3,6,11H,4-5,7-8H2,(H,14,15). The van der Waals surface area contributed by atoms with Crippen molar-refractivity contribution in [2.45, 2.75) is 18.9 Å². The van der Waals surface area contributed by atoms with Crippen LogP contribution in [0.5, 0.6) is 0 Å². The molecule has 98 valence electrons. The maximum Gasteiger partial charge on any atom is 0.224 e. The van der Waals surface area contributed by atoms with Crippen molar-refractivity contribution in [2.75, 3.05) is 11.5 Å². The first kappa shape index (κ1) is 13.0. The smallest absolute Gasteiger partial charge is 0.224 e. The molecular weight excluding hydrogens is 257 g/mol. The first-order valence-corrected chi connectivity index (χ1v) is 7.51. The summed E-state index contributed by atoms with van der Waals surface area (Å²) in [6.45, 7) is 0. The SMILES string of the molecule is O=C(Cc1cccc(F)c1)NC1CCS(=O)(=O)C1. The number of amides is 1. The molecule has 1 unspecified atom stereocenters. The molecule has 0 aromatic heterocycles. The topological polar surface area (TPSA) is 63.2 Å². The molecule has 0 radical (unpaired) electrons. The second-order valence-electron chi connectivity index (χ2n) is 4.47. The summed E-state index contributed by atoms with van der Waals surface area (Å²) in [4.78, 5) is 11.7. The fourth-order valence-corrected chi connectivity index (χ4v) is 3.69. The van der Waals surface area contributed by atoms with Crippen LogP contribution in [-0.2, 0) is 21.1 Å². The molecule has 0 bridgehead atoms. The largest absolute Gasteiger partial charge is 0.352 e. The Balaban J connectivity index is 1.90. The van der Waals surface area contributed by atoms with Gasteiger partial charge in [-0.05, 0) is 24.1 Å². The Hall–Kier alpha value is -1.43. The normalized spacial score (nSPS) is 21.7. The maximum atomic E-state index is 12.9. The lowest BCUT2D eigenvalue weighted by atomic mass is 10.1. The Kier molecular flexibility index (Phi) is 3.65. The van der Waals surface area contributed by atoms with Crippen LogP contribution < -0.4 is 5.32 Å². The minimum absolute atomic E-state index is 0.00188. The molecular formula is C12H14FNO3S. The first-order chi connectivity index (χ1) is 8.44. The van der Waals surface area contributed by atoms with E-state index in [0.29, 0.717) is 12.0 Å². The summed E-state index contributed by atoms with van der Waals surface area (Å²) in [5.74, 6) is -0.536. The average Bonchev–Trinajstić information content (AvgIpc) is 2.57. The van der Waals surface area contributed by atoms with E-state index in [4.69, 9.17) is 0 Å². The van der Waals surface area contributed by atoms with Crippen LogP contribution in [0.3, 0.4) is 0 Å². The lowest BCUT2D eigenvalue weighted by molar-refractivity contribution is -0.120. The van der Waals surface area contributed by atoms with Crippen LogP contribution in [0.15, 0.2) is 24.3 Å². The first-order valence-electron chi connectivity index (χ1n) is 5.69. The summed E-state index contributed by atoms with van der Waals surface area (Å²) in [7, 11) is -3.00. The van der Waals surface area contributed by atoms with E-state index in [1.807, 2.05) is 0 Å². The number of hydrogen-bond donors (Lipinski definition) is 1. The van der Waals surface area contributed by atoms with Gasteiger partial charge in [0.15, 0.2) is 9.84 Å². The third-order valence-electron chi connectivity index (χ3n) is 2.85. The van der Waals surface area contributed by atoms with Crippen molar-refractivity contribution in [3.8, 4) is 0 Å². The molecule has 1 atom stereocenters. The molecule has 1 amide bonds. The van der Waals surface area contributed by atoms with Crippen LogP contribution in [0.4, 0.5) is 4.39 Å². The zero-order valence-electron chi connectivity index (χ0n) is 9.73. The van der Waals surface area contributed by atoms with E-state index in [0.717, 1.165) is 0 Å². The molecule has 1 fully saturated rings. The van der Waals surface area contributed by atoms with Crippen LogP contribution in [-0.4, -0.2) is 31.9 Å². The monoisotopic (exact) mass is 271 g/mol. The van der Waals surface area contributed by atoms with Gasteiger partial charge in [-0.2, -0.15) is 0 Å². The highest BCUT2D eigenvalue weighted by Crippen LogP contribution is 2.11. The Morgan fingerprint density at radius 1 is 1.44 bits per heavy atom. The van der Waals surface area contributed by atoms with E-state index in [1.54, 1.807) is 6.07 Å². The highest BCUT2D eigenvalue weighted by Gasteiger charge is 2.28. The lowest BCUT2D eigenvalue weighted by Crippen LogP contribution is -2.36. The lowest BCUT2D eigenvalue weighted by Gasteiger charge is -2.10. The van der Waals surface area contributed by atoms with Gasteiger partial charge in [-0.15, -0.1) is 0 Å². The van der Waals surface area contributed by atoms with Crippen molar-refractivity contribution in [1.82, 2.24) is 5.32 Å². The summed E-state index contributed by atoms with van der Waals surface area (Å²) >= 11 is 0. The van der Waals surface area contributed by atoms with Crippen LogP contribution in [0.1, 0.15) is 12.0 Å². The summed E-state index contributed by atoms with van der Waals surface area (Å²) < 4.78 is 35.4. The van der Waals surface area contributed by atoms with Gasteiger partial charge in [0.05, 0.1) is 17.9 Å². The van der Waals surface area contributed by atoms with Crippen molar-refractivity contribution in [3.63, 3.8) is 0 Å². The molecule has 6 heteroatoms. The number of rotatable bonds is 3. The number of hydrogen-bond acceptors (Lipinski definition) is 3. The van der Waals surface area contributed by atoms with Gasteiger partial charge in [-0.25, -0.2) is 12.8 Å². The highest BCUT2D eigenvalue weighted by molar-refractivity contribution is 7.91. The number of halogens is 1. The van der Waals surface area contributed by atoms with Crippen LogP contribution in [0.2, 0.25) is 0 Å². The van der Waals surface area contributed by atoms with E-state index >= 15 is 0 Å². The van der Waals surface area contributed by atoms with Crippen molar-refractivity contribution < 1.29 is 17.6 Å². The van der Waals surface area contributed by atoms with E-state index < -0.39 is 9.84 Å². The van der Waals surface area contributed by atoms with E-state index in [2.05, 4.69) is 5.32 Å². The number of sulfone groups is 1. The molecule has 1 aromatic rings. The fourth-order valence-electron chi connectivity index (χ4n) is 2.02. The van der Waals surface area contributed by atoms with Gasteiger partial charge in [0, 0.05) is 6.04 Å². The van der Waals surface area contributed by atoms with Crippen LogP contribution >= 0.6 is 0 Å². The Morgan fingerprint density at radius 3 is 2.83 bits per heavy atom. The van der Waals surface area contributed by atoms with E-state index in [9.17, 15) is 17.6 Å². The quantitative estimate of drug-likeness (QED) is 0.879. The average molecular weight is 271 g/mol. The molecule has 1 aromatic carbocycles. The number of carbonyl (C=O) groups is 1. The molecule has 1 aliphatic heterocycles. The molecule has 1 heterocycles. The molecule has 0 spiro atoms. The van der Waals surface area contributed by atoms with E-state index in [-0.39, 0.29) is 35.7 Å². The van der Waals surface area contributed by atoms with Crippen molar-refractivity contribution in [2.24, 2.45) is 0 Å². The molecule has 2 rings (SSSR count). The molecule has 0 aliphatic carbocycles. The van der Waals surface area contributed by atoms with Crippen LogP contribution in [0.25, 0.3) is 0 Å². The molecule has 18 heavy (non-hydrogen) atoms. The van der Waals surface area contributed by atoms with Crippen LogP contribution in [0, 0.1) is 5.82 Å². The predicted octanol–water partition coefficient (Wildman–Crippen LogP) is 0.672. The molecule has 1 aliphatic rings. The predicted molar refractivity (Wildman–Crippen MR) is 65.3 cm³/mol. The second-order valence-corrected chi connectivity index (χ2v) is 6.70. The van der Waals surface area contributed by atoms with Gasteiger partial charge < -0.3 is 5.32 Å². The third-order valence-corrected chi connectivity index (χ3v) is 4.62. The van der Waals surface area contributed by atoms with Gasteiger partial charge in [-0.3, -0.25) is 4.79 Å². The Morgan fingerprint density at radius 2 is 2.22 bits per heavy atom. The summed E-state index contributed by atoms with van der Waals surface area (Å²) in [6, 6.07) is 5.50.